The molecule has 0 spiro atoms. The van der Waals surface area contributed by atoms with Crippen molar-refractivity contribution >= 4 is 23.9 Å². The van der Waals surface area contributed by atoms with Crippen LogP contribution in [0.1, 0.15) is 388 Å². The maximum Gasteiger partial charge on any atom is 0.312 e. The molecule has 0 fully saturated rings. The van der Waals surface area contributed by atoms with Gasteiger partial charge >= 0.3 is 23.9 Å². The summed E-state index contributed by atoms with van der Waals surface area (Å²) in [5, 5.41) is 12.1. The number of carbonyl (C=O) groups is 4. The standard InChI is InChI=1S/C71H136O9/c1-6-10-14-18-21-24-27-30-33-36-39-42-45-48-52-56-60-77-67(73)63-65(69(74)78-61-57-53-49-46-43-40-37-34-31-28-25-22-19-15-11-7-2)68(71(5,76)64-80-66(72)59-55-51-17-13-9-4)70(75)79-62-58-54-50-47-44-41-38-35-32-29-26-23-20-16-12-8-3/h65,68,76H,6-64H2,1-5H3. The van der Waals surface area contributed by atoms with Crippen molar-refractivity contribution < 1.29 is 43.2 Å². The normalized spacial score (nSPS) is 13.0. The third-order valence-electron chi connectivity index (χ3n) is 16.8. The summed E-state index contributed by atoms with van der Waals surface area (Å²) in [5.74, 6) is -5.51. The maximum absolute atomic E-state index is 14.3. The van der Waals surface area contributed by atoms with Gasteiger partial charge in [0.25, 0.3) is 0 Å². The zero-order chi connectivity index (χ0) is 58.5. The molecule has 0 saturated carbocycles. The fourth-order valence-electron chi connectivity index (χ4n) is 11.4. The van der Waals surface area contributed by atoms with E-state index in [0.717, 1.165) is 83.5 Å². The Morgan fingerprint density at radius 3 is 0.825 bits per heavy atom. The number of carbonyl (C=O) groups excluding carboxylic acids is 4. The van der Waals surface area contributed by atoms with E-state index in [1.807, 2.05) is 0 Å². The summed E-state index contributed by atoms with van der Waals surface area (Å²) in [4.78, 5) is 55.1. The monoisotopic (exact) mass is 1130 g/mol. The predicted molar refractivity (Wildman–Crippen MR) is 338 cm³/mol. The van der Waals surface area contributed by atoms with Crippen molar-refractivity contribution in [2.45, 2.75) is 393 Å². The van der Waals surface area contributed by atoms with Crippen LogP contribution in [0, 0.1) is 11.8 Å². The topological polar surface area (TPSA) is 125 Å². The van der Waals surface area contributed by atoms with Crippen LogP contribution in [0.4, 0.5) is 0 Å². The molecule has 0 aliphatic carbocycles. The van der Waals surface area contributed by atoms with Crippen LogP contribution in [-0.2, 0) is 38.1 Å². The van der Waals surface area contributed by atoms with Gasteiger partial charge < -0.3 is 24.1 Å². The minimum Gasteiger partial charge on any atom is -0.466 e. The molecular formula is C71H136O9. The first-order valence-electron chi connectivity index (χ1n) is 35.5. The Balaban J connectivity index is 5.46. The van der Waals surface area contributed by atoms with Gasteiger partial charge in [0.15, 0.2) is 0 Å². The lowest BCUT2D eigenvalue weighted by atomic mass is 9.77. The van der Waals surface area contributed by atoms with E-state index in [-0.39, 0.29) is 26.2 Å². The highest BCUT2D eigenvalue weighted by atomic mass is 16.6. The van der Waals surface area contributed by atoms with Gasteiger partial charge in [-0.05, 0) is 32.6 Å². The third-order valence-corrected chi connectivity index (χ3v) is 16.8. The van der Waals surface area contributed by atoms with Gasteiger partial charge in [0.1, 0.15) is 18.1 Å². The number of hydrogen-bond donors (Lipinski definition) is 1. The molecule has 80 heavy (non-hydrogen) atoms. The van der Waals surface area contributed by atoms with E-state index in [1.165, 1.54) is 244 Å². The zero-order valence-electron chi connectivity index (χ0n) is 54.1. The molecule has 0 aromatic rings. The van der Waals surface area contributed by atoms with E-state index < -0.39 is 54.3 Å². The summed E-state index contributed by atoms with van der Waals surface area (Å²) in [6, 6.07) is 0. The molecule has 3 atom stereocenters. The molecule has 0 heterocycles. The van der Waals surface area contributed by atoms with Crippen molar-refractivity contribution in [2.24, 2.45) is 11.8 Å². The maximum atomic E-state index is 14.3. The van der Waals surface area contributed by atoms with E-state index in [4.69, 9.17) is 18.9 Å². The highest BCUT2D eigenvalue weighted by molar-refractivity contribution is 5.86. The molecule has 9 heteroatoms. The van der Waals surface area contributed by atoms with Gasteiger partial charge in [-0.25, -0.2) is 0 Å². The highest BCUT2D eigenvalue weighted by Crippen LogP contribution is 2.32. The van der Waals surface area contributed by atoms with Crippen molar-refractivity contribution in [3.05, 3.63) is 0 Å². The molecule has 0 amide bonds. The first-order valence-corrected chi connectivity index (χ1v) is 35.5. The van der Waals surface area contributed by atoms with Gasteiger partial charge in [-0.3, -0.25) is 19.2 Å². The molecule has 0 radical (unpaired) electrons. The summed E-state index contributed by atoms with van der Waals surface area (Å²) in [7, 11) is 0. The van der Waals surface area contributed by atoms with Crippen molar-refractivity contribution in [2.75, 3.05) is 26.4 Å². The fraction of sp³-hybridized carbons (Fsp3) is 0.944. The number of unbranched alkanes of at least 4 members (excludes halogenated alkanes) is 49. The van der Waals surface area contributed by atoms with Gasteiger partial charge in [-0.2, -0.15) is 0 Å². The summed E-state index contributed by atoms with van der Waals surface area (Å²) >= 11 is 0. The molecule has 3 unspecified atom stereocenters. The van der Waals surface area contributed by atoms with Crippen LogP contribution in [0.2, 0.25) is 0 Å². The average Bonchev–Trinajstić information content (AvgIpc) is 3.47. The largest absolute Gasteiger partial charge is 0.466 e. The summed E-state index contributed by atoms with van der Waals surface area (Å²) < 4.78 is 23.1. The predicted octanol–water partition coefficient (Wildman–Crippen LogP) is 21.7. The molecule has 0 bridgehead atoms. The van der Waals surface area contributed by atoms with Crippen LogP contribution in [0.15, 0.2) is 0 Å². The van der Waals surface area contributed by atoms with Crippen LogP contribution in [0.25, 0.3) is 0 Å². The Labute approximate surface area is 496 Å². The summed E-state index contributed by atoms with van der Waals surface area (Å²) in [5.41, 5.74) is -2.02. The van der Waals surface area contributed by atoms with Gasteiger partial charge in [-0.15, -0.1) is 0 Å². The SMILES string of the molecule is CCCCCCCCCCCCCCCCCCOC(=O)CC(C(=O)OCCCCCCCCCCCCCCCCCC)C(C(=O)OCCCCCCCCCCCCCCCCCC)C(C)(O)COC(=O)CCCCCCC. The van der Waals surface area contributed by atoms with E-state index >= 15 is 0 Å². The average molecular weight is 1130 g/mol. The lowest BCUT2D eigenvalue weighted by Crippen LogP contribution is -2.51. The second-order valence-corrected chi connectivity index (χ2v) is 24.9. The Morgan fingerprint density at radius 1 is 0.300 bits per heavy atom. The number of rotatable bonds is 65. The Hall–Kier alpha value is -2.16. The third kappa shape index (κ3) is 52.6. The lowest BCUT2D eigenvalue weighted by Gasteiger charge is -2.34. The Bertz CT molecular complexity index is 1330. The summed E-state index contributed by atoms with van der Waals surface area (Å²) in [6.45, 7) is 10.3. The molecule has 0 aromatic heterocycles. The minimum absolute atomic E-state index is 0.131. The number of ether oxygens (including phenoxy) is 4. The van der Waals surface area contributed by atoms with Crippen LogP contribution < -0.4 is 0 Å². The Kier molecular flexibility index (Phi) is 59.7. The van der Waals surface area contributed by atoms with E-state index in [1.54, 1.807) is 0 Å². The van der Waals surface area contributed by atoms with Crippen LogP contribution in [0.3, 0.4) is 0 Å². The van der Waals surface area contributed by atoms with Crippen LogP contribution >= 0.6 is 0 Å². The molecule has 474 valence electrons. The van der Waals surface area contributed by atoms with Crippen molar-refractivity contribution in [1.82, 2.24) is 0 Å². The van der Waals surface area contributed by atoms with Gasteiger partial charge in [0.2, 0.25) is 0 Å². The molecule has 0 saturated heterocycles. The van der Waals surface area contributed by atoms with E-state index in [0.29, 0.717) is 19.3 Å². The second kappa shape index (κ2) is 61.4. The van der Waals surface area contributed by atoms with Gasteiger partial charge in [0.05, 0.1) is 32.2 Å². The minimum atomic E-state index is -2.02. The van der Waals surface area contributed by atoms with Crippen LogP contribution in [0.5, 0.6) is 0 Å². The van der Waals surface area contributed by atoms with E-state index in [9.17, 15) is 24.3 Å². The first-order chi connectivity index (χ1) is 39.1. The number of esters is 4. The van der Waals surface area contributed by atoms with Crippen molar-refractivity contribution in [3.8, 4) is 0 Å². The van der Waals surface area contributed by atoms with Crippen molar-refractivity contribution in [3.63, 3.8) is 0 Å². The smallest absolute Gasteiger partial charge is 0.312 e. The van der Waals surface area contributed by atoms with Gasteiger partial charge in [0, 0.05) is 6.42 Å². The summed E-state index contributed by atoms with van der Waals surface area (Å²) in [6.07, 6.45) is 64.0. The second-order valence-electron chi connectivity index (χ2n) is 24.9. The molecule has 9 nitrogen and oxygen atoms in total. The van der Waals surface area contributed by atoms with Crippen molar-refractivity contribution in [1.29, 1.82) is 0 Å². The quantitative estimate of drug-likeness (QED) is 0.0360. The van der Waals surface area contributed by atoms with E-state index in [2.05, 4.69) is 27.7 Å². The Morgan fingerprint density at radius 2 is 0.537 bits per heavy atom. The molecule has 0 aliphatic heterocycles. The number of aliphatic hydroxyl groups is 1. The van der Waals surface area contributed by atoms with Crippen LogP contribution in [-0.4, -0.2) is 61.0 Å². The molecule has 1 N–H and O–H groups in total. The molecule has 0 aromatic carbocycles. The highest BCUT2D eigenvalue weighted by Gasteiger charge is 2.49. The fourth-order valence-corrected chi connectivity index (χ4v) is 11.4. The number of hydrogen-bond acceptors (Lipinski definition) is 9. The lowest BCUT2D eigenvalue weighted by molar-refractivity contribution is -0.182. The van der Waals surface area contributed by atoms with Gasteiger partial charge in [-0.1, -0.05) is 342 Å². The first kappa shape index (κ1) is 77.8. The zero-order valence-corrected chi connectivity index (χ0v) is 54.1. The molecular weight excluding hydrogens is 997 g/mol. The molecule has 0 aliphatic rings. The molecule has 0 rings (SSSR count).